The molecule has 3 aromatic rings. The summed E-state index contributed by atoms with van der Waals surface area (Å²) in [5.74, 6) is 1.37. The fraction of sp³-hybridized carbons (Fsp3) is 0.296. The van der Waals surface area contributed by atoms with E-state index in [1.165, 1.54) is 14.2 Å². The third-order valence-electron chi connectivity index (χ3n) is 5.90. The van der Waals surface area contributed by atoms with E-state index in [-0.39, 0.29) is 12.3 Å². The molecule has 0 fully saturated rings. The van der Waals surface area contributed by atoms with Crippen LogP contribution < -0.4 is 18.9 Å². The molecule has 0 aliphatic rings. The van der Waals surface area contributed by atoms with Crippen LogP contribution >= 0.6 is 0 Å². The molecule has 3 unspecified atom stereocenters. The lowest BCUT2D eigenvalue weighted by Gasteiger charge is -2.33. The molecule has 33 heavy (non-hydrogen) atoms. The van der Waals surface area contributed by atoms with Crippen molar-refractivity contribution in [2.75, 3.05) is 28.4 Å². The predicted molar refractivity (Wildman–Crippen MR) is 127 cm³/mol. The maximum absolute atomic E-state index is 11.9. The fourth-order valence-electron chi connectivity index (χ4n) is 4.26. The third-order valence-corrected chi connectivity index (χ3v) is 5.90. The van der Waals surface area contributed by atoms with Crippen LogP contribution in [0.15, 0.2) is 66.7 Å². The van der Waals surface area contributed by atoms with Gasteiger partial charge in [-0.2, -0.15) is 0 Å². The maximum Gasteiger partial charge on any atom is 0.132 e. The third kappa shape index (κ3) is 5.29. The Kier molecular flexibility index (Phi) is 8.33. The van der Waals surface area contributed by atoms with Gasteiger partial charge < -0.3 is 28.8 Å². The first-order valence-corrected chi connectivity index (χ1v) is 10.7. The number of ether oxygens (including phenoxy) is 4. The average Bonchev–Trinajstić information content (AvgIpc) is 2.88. The van der Waals surface area contributed by atoms with Gasteiger partial charge in [0.05, 0.1) is 40.1 Å². The highest BCUT2D eigenvalue weighted by Gasteiger charge is 2.35. The molecule has 3 aromatic carbocycles. The van der Waals surface area contributed by atoms with Crippen LogP contribution in [0.3, 0.4) is 0 Å². The Bertz CT molecular complexity index is 1010. The van der Waals surface area contributed by atoms with Gasteiger partial charge in [0.1, 0.15) is 29.3 Å². The zero-order valence-electron chi connectivity index (χ0n) is 19.4. The van der Waals surface area contributed by atoms with Gasteiger partial charge >= 0.3 is 0 Å². The largest absolute Gasteiger partial charge is 0.497 e. The maximum atomic E-state index is 11.9. The normalized spacial score (nSPS) is 13.5. The van der Waals surface area contributed by atoms with Crippen molar-refractivity contribution in [3.8, 4) is 23.0 Å². The molecule has 6 nitrogen and oxygen atoms in total. The van der Waals surface area contributed by atoms with E-state index in [1.807, 2.05) is 54.6 Å². The van der Waals surface area contributed by atoms with Gasteiger partial charge in [-0.3, -0.25) is 0 Å². The molecule has 0 aliphatic heterocycles. The molecule has 1 N–H and O–H groups in total. The van der Waals surface area contributed by atoms with Gasteiger partial charge in [-0.15, -0.1) is 0 Å². The number of rotatable bonds is 11. The molecule has 0 heterocycles. The summed E-state index contributed by atoms with van der Waals surface area (Å²) < 4.78 is 21.9. The number of hydrogen-bond donors (Lipinski definition) is 1. The number of carbonyl (C=O) groups excluding carboxylic acids is 1. The number of carbonyl (C=O) groups is 1. The van der Waals surface area contributed by atoms with E-state index < -0.39 is 12.0 Å². The summed E-state index contributed by atoms with van der Waals surface area (Å²) in [5.41, 5.74) is 2.31. The summed E-state index contributed by atoms with van der Waals surface area (Å²) >= 11 is 0. The summed E-state index contributed by atoms with van der Waals surface area (Å²) in [6, 6.07) is 20.7. The van der Waals surface area contributed by atoms with Gasteiger partial charge in [0, 0.05) is 30.4 Å². The lowest BCUT2D eigenvalue weighted by molar-refractivity contribution is -0.108. The van der Waals surface area contributed by atoms with Crippen molar-refractivity contribution >= 4 is 6.29 Å². The van der Waals surface area contributed by atoms with Gasteiger partial charge in [0.2, 0.25) is 0 Å². The summed E-state index contributed by atoms with van der Waals surface area (Å²) in [5, 5.41) is 11.9. The van der Waals surface area contributed by atoms with Crippen molar-refractivity contribution in [1.29, 1.82) is 0 Å². The molecule has 0 amide bonds. The number of aliphatic hydroxyl groups is 1. The number of benzene rings is 3. The smallest absolute Gasteiger partial charge is 0.132 e. The molecule has 3 atom stereocenters. The first-order valence-electron chi connectivity index (χ1n) is 10.7. The molecule has 0 saturated carbocycles. The summed E-state index contributed by atoms with van der Waals surface area (Å²) in [6.07, 6.45) is 0.0847. The minimum atomic E-state index is -1.04. The highest BCUT2D eigenvalue weighted by Crippen LogP contribution is 2.49. The quantitative estimate of drug-likeness (QED) is 0.419. The molecule has 0 saturated heterocycles. The molecule has 0 spiro atoms. The molecule has 0 radical (unpaired) electrons. The van der Waals surface area contributed by atoms with Crippen molar-refractivity contribution in [2.45, 2.75) is 24.4 Å². The van der Waals surface area contributed by atoms with E-state index in [4.69, 9.17) is 18.9 Å². The van der Waals surface area contributed by atoms with Gasteiger partial charge in [0.25, 0.3) is 0 Å². The van der Waals surface area contributed by atoms with Gasteiger partial charge in [-0.05, 0) is 23.3 Å². The van der Waals surface area contributed by atoms with Gasteiger partial charge in [0.15, 0.2) is 0 Å². The predicted octanol–water partition coefficient (Wildman–Crippen LogP) is 4.91. The molecule has 0 aliphatic carbocycles. The molecular formula is C27H30O6. The molecule has 174 valence electrons. The van der Waals surface area contributed by atoms with Crippen molar-refractivity contribution < 1.29 is 28.8 Å². The second kappa shape index (κ2) is 11.4. The second-order valence-electron chi connectivity index (χ2n) is 7.61. The monoisotopic (exact) mass is 450 g/mol. The van der Waals surface area contributed by atoms with Crippen LogP contribution in [0, 0.1) is 0 Å². The van der Waals surface area contributed by atoms with E-state index >= 15 is 0 Å². The minimum absolute atomic E-state index is 0.235. The topological polar surface area (TPSA) is 74.2 Å². The van der Waals surface area contributed by atoms with Crippen LogP contribution in [0.1, 0.15) is 41.1 Å². The Morgan fingerprint density at radius 2 is 1.33 bits per heavy atom. The summed E-state index contributed by atoms with van der Waals surface area (Å²) in [4.78, 5) is 11.7. The SMILES string of the molecule is COc1ccc(C(C(O)c2c(OC)cc(OC)cc2OC)C(CC=O)c2ccccc2)cc1. The Morgan fingerprint density at radius 3 is 1.82 bits per heavy atom. The molecule has 3 rings (SSSR count). The zero-order valence-corrected chi connectivity index (χ0v) is 19.4. The Morgan fingerprint density at radius 1 is 0.758 bits per heavy atom. The lowest BCUT2D eigenvalue weighted by atomic mass is 9.74. The van der Waals surface area contributed by atoms with E-state index in [0.29, 0.717) is 28.6 Å². The van der Waals surface area contributed by atoms with Crippen LogP contribution in [0.4, 0.5) is 0 Å². The van der Waals surface area contributed by atoms with Gasteiger partial charge in [-0.1, -0.05) is 42.5 Å². The van der Waals surface area contributed by atoms with E-state index in [2.05, 4.69) is 0 Å². The van der Waals surface area contributed by atoms with Crippen molar-refractivity contribution in [3.63, 3.8) is 0 Å². The van der Waals surface area contributed by atoms with E-state index in [0.717, 1.165) is 17.4 Å². The van der Waals surface area contributed by atoms with Crippen LogP contribution in [-0.2, 0) is 4.79 Å². The van der Waals surface area contributed by atoms with Crippen LogP contribution in [0.2, 0.25) is 0 Å². The van der Waals surface area contributed by atoms with Crippen LogP contribution in [0.25, 0.3) is 0 Å². The van der Waals surface area contributed by atoms with Gasteiger partial charge in [-0.25, -0.2) is 0 Å². The molecule has 6 heteroatoms. The summed E-state index contributed by atoms with van der Waals surface area (Å²) in [7, 11) is 6.23. The number of hydrogen-bond acceptors (Lipinski definition) is 6. The van der Waals surface area contributed by atoms with Crippen LogP contribution in [0.5, 0.6) is 23.0 Å². The number of aldehydes is 1. The van der Waals surface area contributed by atoms with Crippen LogP contribution in [-0.4, -0.2) is 39.8 Å². The standard InChI is InChI=1S/C27H30O6/c1-30-20-12-10-19(11-13-20)25(22(14-15-28)18-8-6-5-7-9-18)27(29)26-23(32-3)16-21(31-2)17-24(26)33-4/h5-13,15-17,22,25,27,29H,14H2,1-4H3. The summed E-state index contributed by atoms with van der Waals surface area (Å²) in [6.45, 7) is 0. The zero-order chi connectivity index (χ0) is 23.8. The van der Waals surface area contributed by atoms with E-state index in [1.54, 1.807) is 26.4 Å². The first kappa shape index (κ1) is 24.1. The van der Waals surface area contributed by atoms with E-state index in [9.17, 15) is 9.90 Å². The first-order chi connectivity index (χ1) is 16.1. The number of aliphatic hydroxyl groups excluding tert-OH is 1. The second-order valence-corrected chi connectivity index (χ2v) is 7.61. The number of methoxy groups -OCH3 is 4. The minimum Gasteiger partial charge on any atom is -0.497 e. The van der Waals surface area contributed by atoms with Crippen molar-refractivity contribution in [1.82, 2.24) is 0 Å². The molecule has 0 aromatic heterocycles. The molecule has 0 bridgehead atoms. The van der Waals surface area contributed by atoms with Crippen molar-refractivity contribution in [3.05, 3.63) is 83.4 Å². The average molecular weight is 451 g/mol. The lowest BCUT2D eigenvalue weighted by Crippen LogP contribution is -2.21. The highest BCUT2D eigenvalue weighted by molar-refractivity contribution is 5.56. The Labute approximate surface area is 194 Å². The Balaban J connectivity index is 2.21. The van der Waals surface area contributed by atoms with Crippen molar-refractivity contribution in [2.24, 2.45) is 0 Å². The molecular weight excluding hydrogens is 420 g/mol. The highest BCUT2D eigenvalue weighted by atomic mass is 16.5. The fourth-order valence-corrected chi connectivity index (χ4v) is 4.26. The Hall–Kier alpha value is -3.51.